The smallest absolute Gasteiger partial charge is 0.348 e. The Labute approximate surface area is 247 Å². The van der Waals surface area contributed by atoms with E-state index < -0.39 is 5.97 Å². The fraction of sp³-hybridized carbons (Fsp3) is 0.600. The number of carboxylic acid groups (broad SMARTS) is 1. The molecule has 2 aromatic rings. The number of hydrogen-bond donors (Lipinski definition) is 2. The summed E-state index contributed by atoms with van der Waals surface area (Å²) in [5, 5.41) is 20.2. The zero-order chi connectivity index (χ0) is 29.6. The SMILES string of the molecule is CC1CCC(C(=O)N(c2cc(C#CC(C)(C)C)sc2C(=O)O)[C@H](C)CC[C@H](C)NN(C)c2ccc(Cl)nn2)CC1. The fourth-order valence-electron chi connectivity index (χ4n) is 4.87. The van der Waals surface area contributed by atoms with Crippen LogP contribution in [0.3, 0.4) is 0 Å². The van der Waals surface area contributed by atoms with Crippen molar-refractivity contribution in [3.8, 4) is 11.8 Å². The van der Waals surface area contributed by atoms with Gasteiger partial charge in [0.1, 0.15) is 4.88 Å². The molecular weight excluding hydrogens is 546 g/mol. The lowest BCUT2D eigenvalue weighted by Crippen LogP contribution is -2.45. The van der Waals surface area contributed by atoms with Gasteiger partial charge in [0, 0.05) is 30.5 Å². The van der Waals surface area contributed by atoms with Gasteiger partial charge in [-0.05, 0) is 97.3 Å². The van der Waals surface area contributed by atoms with E-state index in [1.54, 1.807) is 28.1 Å². The standard InChI is InChI=1S/C30H42ClN5O3S/c1-19-8-12-22(13-9-19)28(37)36(24-18-23(16-17-30(4,5)6)40-27(24)29(38)39)21(3)11-10-20(2)34-35(7)26-15-14-25(31)32-33-26/h14-15,18-22,34H,8-13H2,1-7H3,(H,38,39)/t19?,20-,21+,22?/m0/s1. The highest BCUT2D eigenvalue weighted by Crippen LogP contribution is 2.37. The molecule has 1 amide bonds. The Balaban J connectivity index is 1.84. The van der Waals surface area contributed by atoms with Gasteiger partial charge < -0.3 is 10.0 Å². The Morgan fingerprint density at radius 3 is 2.42 bits per heavy atom. The molecule has 1 aliphatic rings. The van der Waals surface area contributed by atoms with Gasteiger partial charge in [0.05, 0.1) is 10.6 Å². The number of nitrogens with zero attached hydrogens (tertiary/aromatic N) is 4. The maximum atomic E-state index is 14.0. The third-order valence-corrected chi connectivity index (χ3v) is 8.39. The van der Waals surface area contributed by atoms with Gasteiger partial charge in [0.2, 0.25) is 5.91 Å². The van der Waals surface area contributed by atoms with Crippen LogP contribution in [-0.4, -0.2) is 46.3 Å². The van der Waals surface area contributed by atoms with Crippen molar-refractivity contribution in [3.63, 3.8) is 0 Å². The molecule has 0 saturated heterocycles. The first-order chi connectivity index (χ1) is 18.7. The van der Waals surface area contributed by atoms with E-state index in [2.05, 4.69) is 41.3 Å². The molecule has 40 heavy (non-hydrogen) atoms. The summed E-state index contributed by atoms with van der Waals surface area (Å²) < 4.78 is 0. The van der Waals surface area contributed by atoms with E-state index in [1.165, 1.54) is 0 Å². The number of aromatic nitrogens is 2. The van der Waals surface area contributed by atoms with Crippen LogP contribution in [-0.2, 0) is 4.79 Å². The molecule has 2 heterocycles. The predicted molar refractivity (Wildman–Crippen MR) is 163 cm³/mol. The van der Waals surface area contributed by atoms with Crippen LogP contribution in [0.4, 0.5) is 11.5 Å². The van der Waals surface area contributed by atoms with Crippen molar-refractivity contribution in [1.29, 1.82) is 0 Å². The van der Waals surface area contributed by atoms with Crippen LogP contribution < -0.4 is 15.3 Å². The lowest BCUT2D eigenvalue weighted by Gasteiger charge is -2.35. The molecule has 218 valence electrons. The highest BCUT2D eigenvalue weighted by molar-refractivity contribution is 7.15. The lowest BCUT2D eigenvalue weighted by atomic mass is 9.82. The molecule has 8 nitrogen and oxygen atoms in total. The van der Waals surface area contributed by atoms with E-state index >= 15 is 0 Å². The number of rotatable bonds is 10. The predicted octanol–water partition coefficient (Wildman–Crippen LogP) is 6.64. The van der Waals surface area contributed by atoms with E-state index in [4.69, 9.17) is 11.6 Å². The molecule has 2 atom stereocenters. The van der Waals surface area contributed by atoms with Gasteiger partial charge >= 0.3 is 5.97 Å². The average Bonchev–Trinajstić information content (AvgIpc) is 3.31. The van der Waals surface area contributed by atoms with Crippen molar-refractivity contribution < 1.29 is 14.7 Å². The highest BCUT2D eigenvalue weighted by atomic mass is 35.5. The summed E-state index contributed by atoms with van der Waals surface area (Å²) in [4.78, 5) is 28.9. The molecule has 2 N–H and O–H groups in total. The van der Waals surface area contributed by atoms with Gasteiger partial charge in [-0.3, -0.25) is 9.80 Å². The van der Waals surface area contributed by atoms with Crippen molar-refractivity contribution >= 4 is 46.3 Å². The Kier molecular flexibility index (Phi) is 11.0. The first-order valence-electron chi connectivity index (χ1n) is 14.0. The van der Waals surface area contributed by atoms with Crippen LogP contribution in [0.15, 0.2) is 18.2 Å². The molecule has 0 aliphatic heterocycles. The summed E-state index contributed by atoms with van der Waals surface area (Å²) in [6.07, 6.45) is 5.12. The topological polar surface area (TPSA) is 98.7 Å². The van der Waals surface area contributed by atoms with Crippen molar-refractivity contribution in [2.75, 3.05) is 17.0 Å². The first-order valence-corrected chi connectivity index (χ1v) is 15.2. The van der Waals surface area contributed by atoms with Gasteiger partial charge in [-0.25, -0.2) is 10.2 Å². The van der Waals surface area contributed by atoms with Crippen molar-refractivity contribution in [2.45, 2.75) is 92.2 Å². The summed E-state index contributed by atoms with van der Waals surface area (Å²) in [6.45, 7) is 12.3. The minimum atomic E-state index is -1.04. The van der Waals surface area contributed by atoms with Gasteiger partial charge in [-0.1, -0.05) is 30.4 Å². The molecule has 0 aromatic carbocycles. The van der Waals surface area contributed by atoms with E-state index in [-0.39, 0.29) is 34.2 Å². The van der Waals surface area contributed by atoms with Crippen LogP contribution in [0.25, 0.3) is 0 Å². The van der Waals surface area contributed by atoms with E-state index in [1.807, 2.05) is 34.7 Å². The average molecular weight is 588 g/mol. The van der Waals surface area contributed by atoms with Gasteiger partial charge in [-0.15, -0.1) is 21.5 Å². The zero-order valence-electron chi connectivity index (χ0n) is 24.6. The number of carbonyl (C=O) groups is 2. The molecule has 10 heteroatoms. The minimum absolute atomic E-state index is 0.0178. The number of nitrogens with one attached hydrogen (secondary N) is 1. The number of aromatic carboxylic acids is 1. The number of carboxylic acids is 1. The maximum Gasteiger partial charge on any atom is 0.348 e. The Morgan fingerprint density at radius 2 is 1.85 bits per heavy atom. The van der Waals surface area contributed by atoms with Crippen LogP contribution in [0.5, 0.6) is 0 Å². The molecular formula is C30H42ClN5O3S. The Hall–Kier alpha value is -2.67. The van der Waals surface area contributed by atoms with Gasteiger partial charge in [0.15, 0.2) is 11.0 Å². The van der Waals surface area contributed by atoms with E-state index in [9.17, 15) is 14.7 Å². The molecule has 1 saturated carbocycles. The largest absolute Gasteiger partial charge is 0.477 e. The number of thiophene rings is 1. The van der Waals surface area contributed by atoms with Crippen LogP contribution >= 0.6 is 22.9 Å². The monoisotopic (exact) mass is 587 g/mol. The molecule has 1 fully saturated rings. The molecule has 3 rings (SSSR count). The lowest BCUT2D eigenvalue weighted by molar-refractivity contribution is -0.124. The molecule has 2 aromatic heterocycles. The fourth-order valence-corrected chi connectivity index (χ4v) is 5.81. The van der Waals surface area contributed by atoms with Gasteiger partial charge in [-0.2, -0.15) is 0 Å². The van der Waals surface area contributed by atoms with Crippen LogP contribution in [0.1, 0.15) is 94.6 Å². The second-order valence-electron chi connectivity index (χ2n) is 12.0. The van der Waals surface area contributed by atoms with Crippen molar-refractivity contribution in [3.05, 3.63) is 33.1 Å². The molecule has 0 radical (unpaired) electrons. The number of anilines is 2. The quantitative estimate of drug-likeness (QED) is 0.237. The number of hydrogen-bond acceptors (Lipinski definition) is 7. The third-order valence-electron chi connectivity index (χ3n) is 7.16. The van der Waals surface area contributed by atoms with Gasteiger partial charge in [0.25, 0.3) is 0 Å². The molecule has 0 unspecified atom stereocenters. The summed E-state index contributed by atoms with van der Waals surface area (Å²) in [7, 11) is 1.86. The van der Waals surface area contributed by atoms with Crippen LogP contribution in [0.2, 0.25) is 5.15 Å². The Bertz CT molecular complexity index is 1220. The summed E-state index contributed by atoms with van der Waals surface area (Å²) in [5.41, 5.74) is 3.63. The normalized spacial score (nSPS) is 18.8. The molecule has 1 aliphatic carbocycles. The third kappa shape index (κ3) is 8.92. The minimum Gasteiger partial charge on any atom is -0.477 e. The molecule has 0 spiro atoms. The molecule has 0 bridgehead atoms. The number of carbonyl (C=O) groups excluding carboxylic acids is 1. The first kappa shape index (κ1) is 31.9. The number of amides is 1. The number of hydrazine groups is 1. The summed E-state index contributed by atoms with van der Waals surface area (Å²) in [6, 6.07) is 5.12. The second kappa shape index (κ2) is 13.8. The Morgan fingerprint density at radius 1 is 1.18 bits per heavy atom. The zero-order valence-corrected chi connectivity index (χ0v) is 26.2. The van der Waals surface area contributed by atoms with E-state index in [0.29, 0.717) is 33.9 Å². The van der Waals surface area contributed by atoms with Crippen molar-refractivity contribution in [1.82, 2.24) is 15.6 Å². The summed E-state index contributed by atoms with van der Waals surface area (Å²) in [5.74, 6) is 6.46. The second-order valence-corrected chi connectivity index (χ2v) is 13.5. The summed E-state index contributed by atoms with van der Waals surface area (Å²) >= 11 is 7.00. The van der Waals surface area contributed by atoms with Crippen molar-refractivity contribution in [2.24, 2.45) is 17.3 Å². The number of halogens is 1. The highest BCUT2D eigenvalue weighted by Gasteiger charge is 2.34. The van der Waals surface area contributed by atoms with Crippen LogP contribution in [0, 0.1) is 29.1 Å². The van der Waals surface area contributed by atoms with E-state index in [0.717, 1.165) is 43.4 Å². The maximum absolute atomic E-state index is 14.0.